The molecule has 0 atom stereocenters. The van der Waals surface area contributed by atoms with Gasteiger partial charge >= 0.3 is 10.1 Å². The number of ether oxygens (including phenoxy) is 1. The zero-order valence-electron chi connectivity index (χ0n) is 18.6. The van der Waals surface area contributed by atoms with Crippen molar-refractivity contribution < 1.29 is 36.1 Å². The molecule has 2 aromatic rings. The molecule has 2 fully saturated rings. The summed E-state index contributed by atoms with van der Waals surface area (Å²) in [6.07, 6.45) is 3.26. The molecule has 2 aliphatic rings. The lowest BCUT2D eigenvalue weighted by atomic mass is 10.2. The summed E-state index contributed by atoms with van der Waals surface area (Å²) in [5.41, 5.74) is 0.449. The predicted molar refractivity (Wildman–Crippen MR) is 126 cm³/mol. The Kier molecular flexibility index (Phi) is 7.13. The zero-order chi connectivity index (χ0) is 25.2. The summed E-state index contributed by atoms with van der Waals surface area (Å²) in [4.78, 5) is 39.9. The normalized spacial score (nSPS) is 17.4. The van der Waals surface area contributed by atoms with Crippen LogP contribution in [0.4, 0.5) is 9.18 Å². The molecule has 12 heteroatoms. The van der Waals surface area contributed by atoms with Crippen molar-refractivity contribution in [3.05, 3.63) is 58.8 Å². The first kappa shape index (κ1) is 24.7. The van der Waals surface area contributed by atoms with Gasteiger partial charge in [-0.15, -0.1) is 0 Å². The quantitative estimate of drug-likeness (QED) is 0.404. The number of benzene rings is 2. The van der Waals surface area contributed by atoms with Crippen LogP contribution in [-0.4, -0.2) is 62.0 Å². The summed E-state index contributed by atoms with van der Waals surface area (Å²) in [5.74, 6) is -1.48. The second-order valence-electron chi connectivity index (χ2n) is 7.76. The molecule has 0 N–H and O–H groups in total. The Morgan fingerprint density at radius 3 is 2.43 bits per heavy atom. The monoisotopic (exact) mass is 520 g/mol. The van der Waals surface area contributed by atoms with Gasteiger partial charge in [0.05, 0.1) is 12.0 Å². The number of nitrogens with zero attached hydrogens (tertiary/aromatic N) is 2. The molecular formula is C23H21FN2O7S2. The minimum atomic E-state index is -4.25. The summed E-state index contributed by atoms with van der Waals surface area (Å²) < 4.78 is 48.5. The third-order valence-electron chi connectivity index (χ3n) is 5.41. The SMILES string of the molecule is COc1cc(/C=C2\SC(=O)N(CC(=O)N3CCCC3)C2=O)ccc1OS(=O)(=O)c1ccc(F)cc1. The van der Waals surface area contributed by atoms with Crippen molar-refractivity contribution in [3.63, 3.8) is 0 Å². The second kappa shape index (κ2) is 10.1. The molecule has 0 aromatic heterocycles. The maximum absolute atomic E-state index is 13.1. The molecule has 2 aliphatic heterocycles. The fraction of sp³-hybridized carbons (Fsp3) is 0.261. The Labute approximate surface area is 205 Å². The minimum absolute atomic E-state index is 0.0628. The predicted octanol–water partition coefficient (Wildman–Crippen LogP) is 3.26. The van der Waals surface area contributed by atoms with Gasteiger partial charge in [-0.25, -0.2) is 4.39 Å². The highest BCUT2D eigenvalue weighted by Crippen LogP contribution is 2.35. The minimum Gasteiger partial charge on any atom is -0.493 e. The number of amides is 3. The molecule has 0 saturated carbocycles. The standard InChI is InChI=1S/C23H21FN2O7S2/c1-32-19-12-15(4-9-18(19)33-35(30,31)17-7-5-16(24)6-8-17)13-20-22(28)26(23(29)34-20)14-21(27)25-10-2-3-11-25/h4-9,12-13H,2-3,10-11,14H2,1H3/b20-13-. The molecule has 2 saturated heterocycles. The number of methoxy groups -OCH3 is 1. The van der Waals surface area contributed by atoms with E-state index in [9.17, 15) is 27.2 Å². The van der Waals surface area contributed by atoms with Crippen LogP contribution < -0.4 is 8.92 Å². The van der Waals surface area contributed by atoms with Crippen LogP contribution in [-0.2, 0) is 19.7 Å². The first-order valence-electron chi connectivity index (χ1n) is 10.6. The van der Waals surface area contributed by atoms with Crippen LogP contribution in [0.3, 0.4) is 0 Å². The van der Waals surface area contributed by atoms with Crippen LogP contribution in [0.15, 0.2) is 52.3 Å². The number of carbonyl (C=O) groups excluding carboxylic acids is 3. The van der Waals surface area contributed by atoms with Crippen LogP contribution in [0.2, 0.25) is 0 Å². The third-order valence-corrected chi connectivity index (χ3v) is 7.57. The fourth-order valence-corrected chi connectivity index (χ4v) is 5.38. The summed E-state index contributed by atoms with van der Waals surface area (Å²) in [6.45, 7) is 0.936. The van der Waals surface area contributed by atoms with Crippen molar-refractivity contribution in [2.75, 3.05) is 26.7 Å². The molecule has 3 amide bonds. The van der Waals surface area contributed by atoms with E-state index in [0.717, 1.165) is 42.0 Å². The van der Waals surface area contributed by atoms with E-state index in [4.69, 9.17) is 8.92 Å². The highest BCUT2D eigenvalue weighted by molar-refractivity contribution is 8.18. The lowest BCUT2D eigenvalue weighted by Gasteiger charge is -2.18. The van der Waals surface area contributed by atoms with Gasteiger partial charge in [-0.05, 0) is 72.6 Å². The average molecular weight is 521 g/mol. The number of halogens is 1. The van der Waals surface area contributed by atoms with Crippen LogP contribution in [0, 0.1) is 5.82 Å². The number of thioether (sulfide) groups is 1. The summed E-state index contributed by atoms with van der Waals surface area (Å²) in [5, 5.41) is -0.536. The smallest absolute Gasteiger partial charge is 0.339 e. The summed E-state index contributed by atoms with van der Waals surface area (Å²) >= 11 is 0.716. The van der Waals surface area contributed by atoms with Gasteiger partial charge in [-0.2, -0.15) is 8.42 Å². The third kappa shape index (κ3) is 5.49. The van der Waals surface area contributed by atoms with Crippen molar-refractivity contribution in [1.29, 1.82) is 0 Å². The van der Waals surface area contributed by atoms with E-state index < -0.39 is 27.1 Å². The first-order valence-corrected chi connectivity index (χ1v) is 12.8. The Bertz CT molecular complexity index is 1300. The van der Waals surface area contributed by atoms with E-state index in [2.05, 4.69) is 0 Å². The van der Waals surface area contributed by atoms with Gasteiger partial charge in [0.25, 0.3) is 11.1 Å². The van der Waals surface area contributed by atoms with E-state index >= 15 is 0 Å². The largest absolute Gasteiger partial charge is 0.493 e. The van der Waals surface area contributed by atoms with Gasteiger partial charge in [0.2, 0.25) is 5.91 Å². The van der Waals surface area contributed by atoms with Gasteiger partial charge in [0.15, 0.2) is 11.5 Å². The number of rotatable bonds is 7. The van der Waals surface area contributed by atoms with Gasteiger partial charge in [-0.3, -0.25) is 19.3 Å². The van der Waals surface area contributed by atoms with E-state index in [1.54, 1.807) is 4.90 Å². The lowest BCUT2D eigenvalue weighted by Crippen LogP contribution is -2.40. The molecule has 35 heavy (non-hydrogen) atoms. The Morgan fingerprint density at radius 1 is 1.09 bits per heavy atom. The number of imide groups is 1. The first-order chi connectivity index (χ1) is 16.7. The molecule has 9 nitrogen and oxygen atoms in total. The van der Waals surface area contributed by atoms with Crippen molar-refractivity contribution in [3.8, 4) is 11.5 Å². The Balaban J connectivity index is 1.51. The average Bonchev–Trinajstić information content (AvgIpc) is 3.45. The van der Waals surface area contributed by atoms with Crippen molar-refractivity contribution >= 4 is 45.0 Å². The zero-order valence-corrected chi connectivity index (χ0v) is 20.2. The fourth-order valence-electron chi connectivity index (χ4n) is 3.60. The maximum Gasteiger partial charge on any atom is 0.339 e. The van der Waals surface area contributed by atoms with Gasteiger partial charge in [0.1, 0.15) is 17.3 Å². The van der Waals surface area contributed by atoms with Crippen molar-refractivity contribution in [2.45, 2.75) is 17.7 Å². The number of hydrogen-bond acceptors (Lipinski definition) is 8. The number of likely N-dealkylation sites (tertiary alicyclic amines) is 1. The summed E-state index contributed by atoms with van der Waals surface area (Å²) in [7, 11) is -2.93. The molecule has 0 unspecified atom stereocenters. The topological polar surface area (TPSA) is 110 Å². The Morgan fingerprint density at radius 2 is 1.77 bits per heavy atom. The molecule has 184 valence electrons. The molecule has 0 bridgehead atoms. The molecule has 4 rings (SSSR count). The van der Waals surface area contributed by atoms with Crippen LogP contribution in [0.1, 0.15) is 18.4 Å². The second-order valence-corrected chi connectivity index (χ2v) is 10.3. The van der Waals surface area contributed by atoms with E-state index in [1.807, 2.05) is 0 Å². The molecule has 2 aromatic carbocycles. The van der Waals surface area contributed by atoms with Gasteiger partial charge in [-0.1, -0.05) is 6.07 Å². The van der Waals surface area contributed by atoms with Crippen LogP contribution >= 0.6 is 11.8 Å². The Hall–Kier alpha value is -3.38. The number of hydrogen-bond donors (Lipinski definition) is 0. The van der Waals surface area contributed by atoms with E-state index in [-0.39, 0.29) is 33.8 Å². The van der Waals surface area contributed by atoms with Crippen molar-refractivity contribution in [2.24, 2.45) is 0 Å². The molecule has 2 heterocycles. The van der Waals surface area contributed by atoms with Crippen LogP contribution in [0.25, 0.3) is 6.08 Å². The highest BCUT2D eigenvalue weighted by atomic mass is 32.2. The maximum atomic E-state index is 13.1. The lowest BCUT2D eigenvalue weighted by molar-refractivity contribution is -0.135. The molecule has 0 aliphatic carbocycles. The van der Waals surface area contributed by atoms with Crippen molar-refractivity contribution in [1.82, 2.24) is 9.80 Å². The summed E-state index contributed by atoms with van der Waals surface area (Å²) in [6, 6.07) is 8.43. The molecular weight excluding hydrogens is 499 g/mol. The van der Waals surface area contributed by atoms with Gasteiger partial charge in [0, 0.05) is 13.1 Å². The van der Waals surface area contributed by atoms with Gasteiger partial charge < -0.3 is 13.8 Å². The molecule has 0 spiro atoms. The van der Waals surface area contributed by atoms with Crippen LogP contribution in [0.5, 0.6) is 11.5 Å². The van der Waals surface area contributed by atoms with E-state index in [0.29, 0.717) is 30.4 Å². The van der Waals surface area contributed by atoms with E-state index in [1.165, 1.54) is 31.4 Å². The highest BCUT2D eigenvalue weighted by Gasteiger charge is 2.37. The molecule has 0 radical (unpaired) electrons. The number of carbonyl (C=O) groups is 3.